The van der Waals surface area contributed by atoms with E-state index in [2.05, 4.69) is 5.32 Å². The van der Waals surface area contributed by atoms with Crippen LogP contribution in [0.5, 0.6) is 0 Å². The fraction of sp³-hybridized carbons (Fsp3) is 0.429. The molecule has 0 saturated heterocycles. The standard InChI is InChI=1S/C14H20N2O3.ClH/c1-11(16(2)9-8-13(17)18)14(19)15-10-12-6-4-3-5-7-12;/h3-7,11H,8-10H2,1-2H3,(H,15,19)(H,17,18);1H. The van der Waals surface area contributed by atoms with Crippen LogP contribution in [0.1, 0.15) is 18.9 Å². The summed E-state index contributed by atoms with van der Waals surface area (Å²) in [6.45, 7) is 2.61. The Labute approximate surface area is 125 Å². The van der Waals surface area contributed by atoms with E-state index in [4.69, 9.17) is 5.11 Å². The van der Waals surface area contributed by atoms with E-state index in [1.807, 2.05) is 30.3 Å². The number of hydrogen-bond donors (Lipinski definition) is 2. The van der Waals surface area contributed by atoms with E-state index in [9.17, 15) is 9.59 Å². The third-order valence-electron chi connectivity index (χ3n) is 3.03. The van der Waals surface area contributed by atoms with Crippen LogP contribution >= 0.6 is 12.4 Å². The highest BCUT2D eigenvalue weighted by Crippen LogP contribution is 2.00. The van der Waals surface area contributed by atoms with Crippen LogP contribution in [-0.2, 0) is 16.1 Å². The molecule has 2 N–H and O–H groups in total. The van der Waals surface area contributed by atoms with Crippen LogP contribution in [0.2, 0.25) is 0 Å². The Bertz CT molecular complexity index is 426. The molecular formula is C14H21ClN2O3. The molecule has 1 unspecified atom stereocenters. The van der Waals surface area contributed by atoms with Crippen molar-refractivity contribution in [1.29, 1.82) is 0 Å². The number of nitrogens with zero attached hydrogens (tertiary/aromatic N) is 1. The van der Waals surface area contributed by atoms with Crippen molar-refractivity contribution in [2.75, 3.05) is 13.6 Å². The van der Waals surface area contributed by atoms with Gasteiger partial charge in [0.2, 0.25) is 5.91 Å². The number of carbonyl (C=O) groups is 2. The SMILES string of the molecule is CC(C(=O)NCc1ccccc1)N(C)CCC(=O)O.Cl. The molecule has 1 rings (SSSR count). The van der Waals surface area contributed by atoms with Crippen molar-refractivity contribution in [2.45, 2.75) is 25.9 Å². The summed E-state index contributed by atoms with van der Waals surface area (Å²) in [6.07, 6.45) is 0.0345. The van der Waals surface area contributed by atoms with Crippen LogP contribution in [0.3, 0.4) is 0 Å². The number of hydrogen-bond acceptors (Lipinski definition) is 3. The van der Waals surface area contributed by atoms with Crippen LogP contribution < -0.4 is 5.32 Å². The Morgan fingerprint density at radius 1 is 1.30 bits per heavy atom. The lowest BCUT2D eigenvalue weighted by Crippen LogP contribution is -2.43. The van der Waals surface area contributed by atoms with Crippen molar-refractivity contribution >= 4 is 24.3 Å². The van der Waals surface area contributed by atoms with Gasteiger partial charge in [0.1, 0.15) is 0 Å². The monoisotopic (exact) mass is 300 g/mol. The molecule has 0 bridgehead atoms. The maximum absolute atomic E-state index is 11.9. The first kappa shape index (κ1) is 18.4. The molecule has 0 aromatic heterocycles. The summed E-state index contributed by atoms with van der Waals surface area (Å²) in [5, 5.41) is 11.4. The highest BCUT2D eigenvalue weighted by molar-refractivity contribution is 5.85. The highest BCUT2D eigenvalue weighted by Gasteiger charge is 2.17. The van der Waals surface area contributed by atoms with Crippen molar-refractivity contribution < 1.29 is 14.7 Å². The van der Waals surface area contributed by atoms with Crippen LogP contribution in [-0.4, -0.2) is 41.5 Å². The predicted molar refractivity (Wildman–Crippen MR) is 79.9 cm³/mol. The summed E-state index contributed by atoms with van der Waals surface area (Å²) in [7, 11) is 1.75. The van der Waals surface area contributed by atoms with Gasteiger partial charge >= 0.3 is 5.97 Å². The predicted octanol–water partition coefficient (Wildman–Crippen LogP) is 1.52. The van der Waals surface area contributed by atoms with Crippen molar-refractivity contribution in [1.82, 2.24) is 10.2 Å². The zero-order valence-corrected chi connectivity index (χ0v) is 12.5. The minimum Gasteiger partial charge on any atom is -0.481 e. The Morgan fingerprint density at radius 2 is 1.90 bits per heavy atom. The van der Waals surface area contributed by atoms with Gasteiger partial charge in [-0.3, -0.25) is 14.5 Å². The van der Waals surface area contributed by atoms with Gasteiger partial charge in [-0.05, 0) is 19.5 Å². The van der Waals surface area contributed by atoms with E-state index in [0.29, 0.717) is 13.1 Å². The van der Waals surface area contributed by atoms with Crippen molar-refractivity contribution in [2.24, 2.45) is 0 Å². The molecule has 112 valence electrons. The molecule has 0 radical (unpaired) electrons. The summed E-state index contributed by atoms with van der Waals surface area (Å²) in [4.78, 5) is 24.1. The molecule has 1 amide bonds. The molecule has 5 nitrogen and oxygen atoms in total. The lowest BCUT2D eigenvalue weighted by Gasteiger charge is -2.23. The minimum absolute atomic E-state index is 0. The molecule has 1 aromatic rings. The quantitative estimate of drug-likeness (QED) is 0.801. The molecule has 0 fully saturated rings. The average Bonchev–Trinajstić information content (AvgIpc) is 2.42. The summed E-state index contributed by atoms with van der Waals surface area (Å²) < 4.78 is 0. The van der Waals surface area contributed by atoms with Crippen LogP contribution in [0.4, 0.5) is 0 Å². The van der Waals surface area contributed by atoms with E-state index >= 15 is 0 Å². The van der Waals surface area contributed by atoms with Crippen molar-refractivity contribution in [3.63, 3.8) is 0 Å². The zero-order valence-electron chi connectivity index (χ0n) is 11.7. The van der Waals surface area contributed by atoms with Gasteiger partial charge in [0.05, 0.1) is 12.5 Å². The van der Waals surface area contributed by atoms with Crippen molar-refractivity contribution in [3.8, 4) is 0 Å². The molecule has 0 aliphatic heterocycles. The lowest BCUT2D eigenvalue weighted by molar-refractivity contribution is -0.138. The molecule has 1 atom stereocenters. The van der Waals surface area contributed by atoms with Gasteiger partial charge in [-0.25, -0.2) is 0 Å². The van der Waals surface area contributed by atoms with Gasteiger partial charge in [0, 0.05) is 13.1 Å². The molecule has 0 aliphatic rings. The number of nitrogens with one attached hydrogen (secondary N) is 1. The Morgan fingerprint density at radius 3 is 2.45 bits per heavy atom. The van der Waals surface area contributed by atoms with Crippen molar-refractivity contribution in [3.05, 3.63) is 35.9 Å². The van der Waals surface area contributed by atoms with Gasteiger partial charge in [-0.1, -0.05) is 30.3 Å². The summed E-state index contributed by atoms with van der Waals surface area (Å²) >= 11 is 0. The Hall–Kier alpha value is -1.59. The highest BCUT2D eigenvalue weighted by atomic mass is 35.5. The maximum Gasteiger partial charge on any atom is 0.304 e. The first-order valence-corrected chi connectivity index (χ1v) is 6.24. The molecule has 0 saturated carbocycles. The molecular weight excluding hydrogens is 280 g/mol. The van der Waals surface area contributed by atoms with Crippen LogP contribution in [0.15, 0.2) is 30.3 Å². The molecule has 6 heteroatoms. The topological polar surface area (TPSA) is 69.6 Å². The largest absolute Gasteiger partial charge is 0.481 e. The zero-order chi connectivity index (χ0) is 14.3. The second-order valence-electron chi connectivity index (χ2n) is 4.50. The summed E-state index contributed by atoms with van der Waals surface area (Å²) in [5.41, 5.74) is 1.04. The number of amides is 1. The number of carboxylic acids is 1. The molecule has 0 aliphatic carbocycles. The summed E-state index contributed by atoms with van der Waals surface area (Å²) in [5.74, 6) is -0.958. The fourth-order valence-electron chi connectivity index (χ4n) is 1.60. The third-order valence-corrected chi connectivity index (χ3v) is 3.03. The normalized spacial score (nSPS) is 11.6. The molecule has 20 heavy (non-hydrogen) atoms. The van der Waals surface area contributed by atoms with Gasteiger partial charge in [0.15, 0.2) is 0 Å². The Balaban J connectivity index is 0.00000361. The summed E-state index contributed by atoms with van der Waals surface area (Å²) in [6, 6.07) is 9.31. The van der Waals surface area contributed by atoms with E-state index in [1.165, 1.54) is 0 Å². The number of likely N-dealkylation sites (N-methyl/N-ethyl adjacent to an activating group) is 1. The van der Waals surface area contributed by atoms with E-state index < -0.39 is 5.97 Å². The fourth-order valence-corrected chi connectivity index (χ4v) is 1.60. The smallest absolute Gasteiger partial charge is 0.304 e. The molecule has 0 heterocycles. The average molecular weight is 301 g/mol. The number of benzene rings is 1. The van der Waals surface area contributed by atoms with E-state index in [1.54, 1.807) is 18.9 Å². The van der Waals surface area contributed by atoms with Crippen LogP contribution in [0, 0.1) is 0 Å². The van der Waals surface area contributed by atoms with Gasteiger partial charge in [-0.15, -0.1) is 12.4 Å². The Kier molecular flexibility index (Phi) is 8.59. The third kappa shape index (κ3) is 6.54. The molecule has 0 spiro atoms. The van der Waals surface area contributed by atoms with Crippen LogP contribution in [0.25, 0.3) is 0 Å². The van der Waals surface area contributed by atoms with E-state index in [-0.39, 0.29) is 30.8 Å². The number of carboxylic acid groups (broad SMARTS) is 1. The minimum atomic E-state index is -0.858. The number of rotatable bonds is 7. The first-order chi connectivity index (χ1) is 9.00. The second-order valence-corrected chi connectivity index (χ2v) is 4.50. The van der Waals surface area contributed by atoms with Gasteiger partial charge < -0.3 is 10.4 Å². The maximum atomic E-state index is 11.9. The number of carbonyl (C=O) groups excluding carboxylic acids is 1. The number of aliphatic carboxylic acids is 1. The second kappa shape index (κ2) is 9.34. The first-order valence-electron chi connectivity index (χ1n) is 6.24. The van der Waals surface area contributed by atoms with E-state index in [0.717, 1.165) is 5.56 Å². The van der Waals surface area contributed by atoms with Gasteiger partial charge in [0.25, 0.3) is 0 Å². The van der Waals surface area contributed by atoms with Gasteiger partial charge in [-0.2, -0.15) is 0 Å². The molecule has 1 aromatic carbocycles. The lowest BCUT2D eigenvalue weighted by atomic mass is 10.2. The number of halogens is 1.